The first-order valence-electron chi connectivity index (χ1n) is 6.58. The molecular weight excluding hydrogens is 286 g/mol. The molecule has 0 spiro atoms. The fourth-order valence-electron chi connectivity index (χ4n) is 2.35. The number of anilines is 1. The largest absolute Gasteiger partial charge is 0.398 e. The van der Waals surface area contributed by atoms with Crippen molar-refractivity contribution in [2.45, 2.75) is 32.2 Å². The van der Waals surface area contributed by atoms with Crippen molar-refractivity contribution in [3.05, 3.63) is 52.8 Å². The number of aromatic nitrogens is 1. The summed E-state index contributed by atoms with van der Waals surface area (Å²) in [6.45, 7) is 5.57. The van der Waals surface area contributed by atoms with E-state index in [1.807, 2.05) is 13.0 Å². The van der Waals surface area contributed by atoms with Gasteiger partial charge in [0.05, 0.1) is 4.90 Å². The predicted octanol–water partition coefficient (Wildman–Crippen LogP) is 2.07. The Kier molecular flexibility index (Phi) is 4.29. The molecule has 1 aromatic carbocycles. The number of nitrogen functional groups attached to an aromatic ring is 1. The third-order valence-electron chi connectivity index (χ3n) is 3.42. The summed E-state index contributed by atoms with van der Waals surface area (Å²) in [4.78, 5) is 4.22. The van der Waals surface area contributed by atoms with Gasteiger partial charge >= 0.3 is 0 Å². The molecule has 3 N–H and O–H groups in total. The van der Waals surface area contributed by atoms with Crippen LogP contribution in [0, 0.1) is 20.8 Å². The molecule has 0 aliphatic rings. The molecule has 0 bridgehead atoms. The van der Waals surface area contributed by atoms with Gasteiger partial charge in [0.15, 0.2) is 0 Å². The molecule has 21 heavy (non-hydrogen) atoms. The van der Waals surface area contributed by atoms with Crippen molar-refractivity contribution in [3.63, 3.8) is 0 Å². The van der Waals surface area contributed by atoms with Crippen LogP contribution in [-0.4, -0.2) is 13.4 Å². The molecule has 2 aromatic rings. The lowest BCUT2D eigenvalue weighted by Crippen LogP contribution is -2.25. The summed E-state index contributed by atoms with van der Waals surface area (Å²) >= 11 is 0. The minimum Gasteiger partial charge on any atom is -0.398 e. The van der Waals surface area contributed by atoms with Crippen LogP contribution in [-0.2, 0) is 16.6 Å². The molecule has 1 aromatic heterocycles. The third kappa shape index (κ3) is 3.22. The molecule has 0 fully saturated rings. The van der Waals surface area contributed by atoms with E-state index >= 15 is 0 Å². The van der Waals surface area contributed by atoms with Crippen molar-refractivity contribution < 1.29 is 8.42 Å². The van der Waals surface area contributed by atoms with Gasteiger partial charge in [0, 0.05) is 24.6 Å². The molecule has 0 saturated heterocycles. The van der Waals surface area contributed by atoms with Crippen LogP contribution in [0.1, 0.15) is 22.3 Å². The minimum absolute atomic E-state index is 0.197. The van der Waals surface area contributed by atoms with E-state index in [0.717, 1.165) is 11.1 Å². The van der Waals surface area contributed by atoms with Crippen molar-refractivity contribution in [2.24, 2.45) is 0 Å². The average Bonchev–Trinajstić information content (AvgIpc) is 2.44. The average molecular weight is 305 g/mol. The second kappa shape index (κ2) is 5.83. The van der Waals surface area contributed by atoms with Gasteiger partial charge in [0.25, 0.3) is 0 Å². The molecule has 0 saturated carbocycles. The van der Waals surface area contributed by atoms with Crippen LogP contribution in [0.25, 0.3) is 0 Å². The van der Waals surface area contributed by atoms with E-state index in [9.17, 15) is 8.42 Å². The van der Waals surface area contributed by atoms with Crippen LogP contribution in [0.4, 0.5) is 5.69 Å². The second-order valence-electron chi connectivity index (χ2n) is 5.06. The van der Waals surface area contributed by atoms with Crippen molar-refractivity contribution in [1.29, 1.82) is 0 Å². The highest BCUT2D eigenvalue weighted by Crippen LogP contribution is 2.27. The zero-order valence-corrected chi connectivity index (χ0v) is 13.2. The first-order valence-corrected chi connectivity index (χ1v) is 8.06. The number of hydrogen-bond donors (Lipinski definition) is 2. The van der Waals surface area contributed by atoms with Gasteiger partial charge in [-0.2, -0.15) is 0 Å². The van der Waals surface area contributed by atoms with Crippen molar-refractivity contribution in [2.75, 3.05) is 5.73 Å². The molecule has 0 radical (unpaired) electrons. The highest BCUT2D eigenvalue weighted by atomic mass is 32.2. The summed E-state index contributed by atoms with van der Waals surface area (Å²) in [6.07, 6.45) is 3.28. The zero-order chi connectivity index (χ0) is 15.6. The molecule has 0 unspecified atom stereocenters. The maximum absolute atomic E-state index is 12.5. The van der Waals surface area contributed by atoms with Crippen LogP contribution >= 0.6 is 0 Å². The van der Waals surface area contributed by atoms with Gasteiger partial charge in [-0.1, -0.05) is 12.1 Å². The van der Waals surface area contributed by atoms with Gasteiger partial charge in [0.2, 0.25) is 10.0 Å². The highest BCUT2D eigenvalue weighted by Gasteiger charge is 2.21. The fraction of sp³-hybridized carbons (Fsp3) is 0.267. The van der Waals surface area contributed by atoms with E-state index in [2.05, 4.69) is 9.71 Å². The molecule has 0 aliphatic heterocycles. The Morgan fingerprint density at radius 1 is 1.24 bits per heavy atom. The normalized spacial score (nSPS) is 11.6. The molecule has 2 rings (SSSR count). The maximum atomic E-state index is 12.5. The fourth-order valence-corrected chi connectivity index (χ4v) is 3.85. The van der Waals surface area contributed by atoms with Crippen LogP contribution < -0.4 is 10.5 Å². The quantitative estimate of drug-likeness (QED) is 0.847. The molecule has 5 nitrogen and oxygen atoms in total. The first kappa shape index (κ1) is 15.5. The molecule has 0 amide bonds. The van der Waals surface area contributed by atoms with Gasteiger partial charge in [-0.15, -0.1) is 0 Å². The standard InChI is InChI=1S/C15H19N3O2S/c1-10-7-11(2)15(12(3)14(10)16)21(19,20)18-9-13-5-4-6-17-8-13/h4-8,18H,9,16H2,1-3H3. The van der Waals surface area contributed by atoms with Crippen molar-refractivity contribution in [3.8, 4) is 0 Å². The number of benzene rings is 1. The lowest BCUT2D eigenvalue weighted by Gasteiger charge is -2.15. The Hall–Kier alpha value is -1.92. The monoisotopic (exact) mass is 305 g/mol. The Balaban J connectivity index is 2.35. The molecular formula is C15H19N3O2S. The Bertz CT molecular complexity index is 756. The number of sulfonamides is 1. The number of nitrogens with one attached hydrogen (secondary N) is 1. The Morgan fingerprint density at radius 3 is 2.57 bits per heavy atom. The van der Waals surface area contributed by atoms with Gasteiger partial charge in [-0.3, -0.25) is 4.98 Å². The molecule has 112 valence electrons. The smallest absolute Gasteiger partial charge is 0.241 e. The summed E-state index contributed by atoms with van der Waals surface area (Å²) in [6, 6.07) is 5.38. The van der Waals surface area contributed by atoms with E-state index in [4.69, 9.17) is 5.73 Å². The topological polar surface area (TPSA) is 85.1 Å². The lowest BCUT2D eigenvalue weighted by molar-refractivity contribution is 0.580. The van der Waals surface area contributed by atoms with Gasteiger partial charge in [-0.25, -0.2) is 13.1 Å². The van der Waals surface area contributed by atoms with E-state index in [-0.39, 0.29) is 11.4 Å². The van der Waals surface area contributed by atoms with Crippen molar-refractivity contribution >= 4 is 15.7 Å². The maximum Gasteiger partial charge on any atom is 0.241 e. The number of nitrogens with zero attached hydrogens (tertiary/aromatic N) is 1. The van der Waals surface area contributed by atoms with Crippen molar-refractivity contribution in [1.82, 2.24) is 9.71 Å². The molecule has 0 atom stereocenters. The highest BCUT2D eigenvalue weighted by molar-refractivity contribution is 7.89. The SMILES string of the molecule is Cc1cc(C)c(S(=O)(=O)NCc2cccnc2)c(C)c1N. The Morgan fingerprint density at radius 2 is 1.95 bits per heavy atom. The van der Waals surface area contributed by atoms with Gasteiger partial charge in [0.1, 0.15) is 0 Å². The molecule has 6 heteroatoms. The number of rotatable bonds is 4. The lowest BCUT2D eigenvalue weighted by atomic mass is 10.1. The van der Waals surface area contributed by atoms with E-state index in [1.54, 1.807) is 38.4 Å². The van der Waals surface area contributed by atoms with Crippen LogP contribution in [0.3, 0.4) is 0 Å². The summed E-state index contributed by atoms with van der Waals surface area (Å²) in [5, 5.41) is 0. The minimum atomic E-state index is -3.62. The number of hydrogen-bond acceptors (Lipinski definition) is 4. The predicted molar refractivity (Wildman–Crippen MR) is 83.3 cm³/mol. The summed E-state index contributed by atoms with van der Waals surface area (Å²) in [7, 11) is -3.62. The second-order valence-corrected chi connectivity index (χ2v) is 6.77. The Labute approximate surface area is 125 Å². The number of nitrogens with two attached hydrogens (primary N) is 1. The summed E-state index contributed by atoms with van der Waals surface area (Å²) < 4.78 is 27.6. The van der Waals surface area contributed by atoms with E-state index < -0.39 is 10.0 Å². The third-order valence-corrected chi connectivity index (χ3v) is 5.11. The molecule has 1 heterocycles. The van der Waals surface area contributed by atoms with Crippen LogP contribution in [0.2, 0.25) is 0 Å². The van der Waals surface area contributed by atoms with Gasteiger partial charge in [-0.05, 0) is 49.1 Å². The summed E-state index contributed by atoms with van der Waals surface area (Å²) in [5.41, 5.74) is 9.44. The van der Waals surface area contributed by atoms with Gasteiger partial charge < -0.3 is 5.73 Å². The van der Waals surface area contributed by atoms with Crippen LogP contribution in [0.5, 0.6) is 0 Å². The van der Waals surface area contributed by atoms with Crippen LogP contribution in [0.15, 0.2) is 35.5 Å². The zero-order valence-electron chi connectivity index (χ0n) is 12.3. The molecule has 0 aliphatic carbocycles. The number of aryl methyl sites for hydroxylation is 2. The number of pyridine rings is 1. The first-order chi connectivity index (χ1) is 9.83. The van der Waals surface area contributed by atoms with E-state index in [0.29, 0.717) is 16.8 Å². The summed E-state index contributed by atoms with van der Waals surface area (Å²) in [5.74, 6) is 0. The van der Waals surface area contributed by atoms with E-state index in [1.165, 1.54) is 0 Å².